The molecule has 1 N–H and O–H groups in total. The average Bonchev–Trinajstić information content (AvgIpc) is 2.30. The number of ether oxygens (including phenoxy) is 2. The molecule has 0 fully saturated rings. The molecule has 0 aliphatic rings. The number of benzene rings is 1. The number of hydrogen-bond acceptors (Lipinski definition) is 3. The second-order valence-corrected chi connectivity index (χ2v) is 2.86. The maximum absolute atomic E-state index is 11.0. The summed E-state index contributed by atoms with van der Waals surface area (Å²) >= 11 is 0. The van der Waals surface area contributed by atoms with Crippen LogP contribution < -0.4 is 10.1 Å². The molecule has 4 nitrogen and oxygen atoms in total. The molecule has 0 aliphatic carbocycles. The Morgan fingerprint density at radius 1 is 1.50 bits per heavy atom. The van der Waals surface area contributed by atoms with E-state index in [1.165, 1.54) is 7.11 Å². The van der Waals surface area contributed by atoms with Crippen LogP contribution in [0.2, 0.25) is 0 Å². The van der Waals surface area contributed by atoms with Gasteiger partial charge < -0.3 is 9.47 Å². The molecular formula is C12H13NO3. The van der Waals surface area contributed by atoms with Crippen molar-refractivity contribution in [3.63, 3.8) is 0 Å². The topological polar surface area (TPSA) is 47.6 Å². The fourth-order valence-electron chi connectivity index (χ4n) is 1.02. The Balaban J connectivity index is 2.62. The van der Waals surface area contributed by atoms with E-state index in [1.54, 1.807) is 31.2 Å². The average molecular weight is 219 g/mol. The molecule has 0 radical (unpaired) electrons. The van der Waals surface area contributed by atoms with Gasteiger partial charge in [-0.1, -0.05) is 12.0 Å². The van der Waals surface area contributed by atoms with Gasteiger partial charge in [0, 0.05) is 11.8 Å². The van der Waals surface area contributed by atoms with Crippen LogP contribution in [0.1, 0.15) is 6.92 Å². The molecule has 16 heavy (non-hydrogen) atoms. The molecular weight excluding hydrogens is 206 g/mol. The highest BCUT2D eigenvalue weighted by Gasteiger charge is 2.01. The number of carbonyl (C=O) groups is 1. The van der Waals surface area contributed by atoms with E-state index in [-0.39, 0.29) is 0 Å². The molecule has 0 heterocycles. The third kappa shape index (κ3) is 3.93. The van der Waals surface area contributed by atoms with Crippen molar-refractivity contribution >= 4 is 11.8 Å². The number of methoxy groups -OCH3 is 1. The van der Waals surface area contributed by atoms with Crippen LogP contribution >= 0.6 is 0 Å². The largest absolute Gasteiger partial charge is 0.481 e. The lowest BCUT2D eigenvalue weighted by Gasteiger charge is -2.06. The van der Waals surface area contributed by atoms with Gasteiger partial charge in [0.1, 0.15) is 12.4 Å². The van der Waals surface area contributed by atoms with Crippen molar-refractivity contribution in [1.29, 1.82) is 0 Å². The molecule has 0 aromatic heterocycles. The SMILES string of the molecule is CC#CCOc1cccc(NC(=O)OC)c1. The molecule has 0 saturated heterocycles. The van der Waals surface area contributed by atoms with Gasteiger partial charge in [-0.05, 0) is 19.1 Å². The number of hydrogen-bond donors (Lipinski definition) is 1. The quantitative estimate of drug-likeness (QED) is 0.793. The standard InChI is InChI=1S/C12H13NO3/c1-3-4-8-16-11-7-5-6-10(9-11)13-12(14)15-2/h5-7,9H,8H2,1-2H3,(H,13,14). The Labute approximate surface area is 94.6 Å². The summed E-state index contributed by atoms with van der Waals surface area (Å²) in [5.74, 6) is 6.16. The van der Waals surface area contributed by atoms with E-state index in [2.05, 4.69) is 21.9 Å². The van der Waals surface area contributed by atoms with Crippen LogP contribution in [0.4, 0.5) is 10.5 Å². The Bertz CT molecular complexity index is 418. The minimum atomic E-state index is -0.509. The summed E-state index contributed by atoms with van der Waals surface area (Å²) in [5, 5.41) is 2.55. The fourth-order valence-corrected chi connectivity index (χ4v) is 1.02. The van der Waals surface area contributed by atoms with E-state index >= 15 is 0 Å². The van der Waals surface area contributed by atoms with Crippen LogP contribution in [0.15, 0.2) is 24.3 Å². The smallest absolute Gasteiger partial charge is 0.411 e. The van der Waals surface area contributed by atoms with Crippen molar-refractivity contribution in [2.24, 2.45) is 0 Å². The van der Waals surface area contributed by atoms with Gasteiger partial charge in [0.05, 0.1) is 7.11 Å². The summed E-state index contributed by atoms with van der Waals surface area (Å²) in [7, 11) is 1.31. The molecule has 1 rings (SSSR count). The van der Waals surface area contributed by atoms with Gasteiger partial charge in [-0.2, -0.15) is 0 Å². The molecule has 1 aromatic rings. The van der Waals surface area contributed by atoms with Gasteiger partial charge in [0.15, 0.2) is 0 Å². The molecule has 84 valence electrons. The van der Waals surface area contributed by atoms with E-state index in [4.69, 9.17) is 4.74 Å². The molecule has 0 atom stereocenters. The molecule has 0 unspecified atom stereocenters. The van der Waals surface area contributed by atoms with E-state index in [0.717, 1.165) is 0 Å². The molecule has 4 heteroatoms. The highest BCUT2D eigenvalue weighted by molar-refractivity contribution is 5.84. The summed E-state index contributed by atoms with van der Waals surface area (Å²) < 4.78 is 9.82. The van der Waals surface area contributed by atoms with Crippen molar-refractivity contribution in [3.8, 4) is 17.6 Å². The van der Waals surface area contributed by atoms with Crippen molar-refractivity contribution in [2.45, 2.75) is 6.92 Å². The molecule has 0 bridgehead atoms. The highest BCUT2D eigenvalue weighted by Crippen LogP contribution is 2.17. The Hall–Kier alpha value is -2.15. The van der Waals surface area contributed by atoms with Crippen molar-refractivity contribution in [1.82, 2.24) is 0 Å². The zero-order valence-electron chi connectivity index (χ0n) is 9.24. The molecule has 1 amide bonds. The lowest BCUT2D eigenvalue weighted by Crippen LogP contribution is -2.10. The molecule has 0 aliphatic heterocycles. The number of carbonyl (C=O) groups excluding carboxylic acids is 1. The summed E-state index contributed by atoms with van der Waals surface area (Å²) in [6, 6.07) is 7.02. The zero-order chi connectivity index (χ0) is 11.8. The summed E-state index contributed by atoms with van der Waals surface area (Å²) in [5.41, 5.74) is 0.619. The van der Waals surface area contributed by atoms with E-state index in [1.807, 2.05) is 0 Å². The Morgan fingerprint density at radius 3 is 3.00 bits per heavy atom. The predicted octanol–water partition coefficient (Wildman–Crippen LogP) is 2.27. The normalized spacial score (nSPS) is 8.62. The minimum Gasteiger partial charge on any atom is -0.481 e. The van der Waals surface area contributed by atoms with Crippen molar-refractivity contribution < 1.29 is 14.3 Å². The second kappa shape index (κ2) is 6.36. The third-order valence-corrected chi connectivity index (χ3v) is 1.75. The van der Waals surface area contributed by atoms with Gasteiger partial charge in [0.25, 0.3) is 0 Å². The fraction of sp³-hybridized carbons (Fsp3) is 0.250. The van der Waals surface area contributed by atoms with Crippen LogP contribution in [0.25, 0.3) is 0 Å². The maximum Gasteiger partial charge on any atom is 0.411 e. The van der Waals surface area contributed by atoms with Gasteiger partial charge in [-0.15, -0.1) is 5.92 Å². The Morgan fingerprint density at radius 2 is 2.31 bits per heavy atom. The third-order valence-electron chi connectivity index (χ3n) is 1.75. The van der Waals surface area contributed by atoms with Gasteiger partial charge in [-0.25, -0.2) is 4.79 Å². The number of anilines is 1. The number of amides is 1. The maximum atomic E-state index is 11.0. The second-order valence-electron chi connectivity index (χ2n) is 2.86. The van der Waals surface area contributed by atoms with Crippen LogP contribution in [0.5, 0.6) is 5.75 Å². The lowest BCUT2D eigenvalue weighted by atomic mass is 10.3. The van der Waals surface area contributed by atoms with Crippen molar-refractivity contribution in [2.75, 3.05) is 19.0 Å². The first kappa shape index (κ1) is 11.9. The van der Waals surface area contributed by atoms with Crippen LogP contribution in [0, 0.1) is 11.8 Å². The molecule has 0 spiro atoms. The predicted molar refractivity (Wildman–Crippen MR) is 61.4 cm³/mol. The number of rotatable bonds is 3. The molecule has 0 saturated carbocycles. The first-order chi connectivity index (χ1) is 7.76. The van der Waals surface area contributed by atoms with Crippen LogP contribution in [-0.4, -0.2) is 19.8 Å². The van der Waals surface area contributed by atoms with Crippen LogP contribution in [0.3, 0.4) is 0 Å². The summed E-state index contributed by atoms with van der Waals surface area (Å²) in [4.78, 5) is 11.0. The van der Waals surface area contributed by atoms with Gasteiger partial charge >= 0.3 is 6.09 Å². The summed E-state index contributed by atoms with van der Waals surface area (Å²) in [6.45, 7) is 2.08. The molecule has 1 aromatic carbocycles. The first-order valence-corrected chi connectivity index (χ1v) is 4.73. The van der Waals surface area contributed by atoms with E-state index < -0.39 is 6.09 Å². The number of nitrogens with one attached hydrogen (secondary N) is 1. The summed E-state index contributed by atoms with van der Waals surface area (Å²) in [6.07, 6.45) is -0.509. The van der Waals surface area contributed by atoms with E-state index in [0.29, 0.717) is 18.0 Å². The monoisotopic (exact) mass is 219 g/mol. The van der Waals surface area contributed by atoms with E-state index in [9.17, 15) is 4.79 Å². The van der Waals surface area contributed by atoms with Crippen LogP contribution in [-0.2, 0) is 4.74 Å². The van der Waals surface area contributed by atoms with Crippen molar-refractivity contribution in [3.05, 3.63) is 24.3 Å². The minimum absolute atomic E-state index is 0.332. The van der Waals surface area contributed by atoms with Gasteiger partial charge in [-0.3, -0.25) is 5.32 Å². The first-order valence-electron chi connectivity index (χ1n) is 4.73. The Kier molecular flexibility index (Phi) is 4.74. The van der Waals surface area contributed by atoms with Gasteiger partial charge in [0.2, 0.25) is 0 Å². The lowest BCUT2D eigenvalue weighted by molar-refractivity contribution is 0.187. The zero-order valence-corrected chi connectivity index (χ0v) is 9.24. The highest BCUT2D eigenvalue weighted by atomic mass is 16.5.